The summed E-state index contributed by atoms with van der Waals surface area (Å²) >= 11 is 6.05. The number of rotatable bonds is 8. The molecule has 0 heterocycles. The largest absolute Gasteiger partial charge is 0.497 e. The Labute approximate surface area is 193 Å². The summed E-state index contributed by atoms with van der Waals surface area (Å²) in [5.41, 5.74) is 1.65. The van der Waals surface area contributed by atoms with Crippen molar-refractivity contribution in [2.45, 2.75) is 18.9 Å². The molecular formula is C25H28ClNO5. The van der Waals surface area contributed by atoms with Crippen molar-refractivity contribution in [3.63, 3.8) is 0 Å². The van der Waals surface area contributed by atoms with Crippen molar-refractivity contribution in [1.82, 2.24) is 0 Å². The lowest BCUT2D eigenvalue weighted by molar-refractivity contribution is -0.153. The number of hydrogen-bond acceptors (Lipinski definition) is 6. The minimum atomic E-state index is -0.676. The third-order valence-corrected chi connectivity index (χ3v) is 6.11. The Balaban J connectivity index is 2.08. The van der Waals surface area contributed by atoms with Gasteiger partial charge in [-0.05, 0) is 54.8 Å². The zero-order valence-electron chi connectivity index (χ0n) is 18.4. The van der Waals surface area contributed by atoms with E-state index in [4.69, 9.17) is 25.8 Å². The summed E-state index contributed by atoms with van der Waals surface area (Å²) in [4.78, 5) is 25.7. The molecule has 32 heavy (non-hydrogen) atoms. The molecular weight excluding hydrogens is 430 g/mol. The molecule has 1 N–H and O–H groups in total. The Morgan fingerprint density at radius 1 is 1.00 bits per heavy atom. The molecule has 4 atom stereocenters. The number of halogens is 1. The van der Waals surface area contributed by atoms with Crippen LogP contribution in [0.4, 0.5) is 5.69 Å². The van der Waals surface area contributed by atoms with Crippen LogP contribution in [-0.2, 0) is 19.1 Å². The van der Waals surface area contributed by atoms with Crippen LogP contribution in [0.3, 0.4) is 0 Å². The molecule has 2 aromatic rings. The smallest absolute Gasteiger partial charge is 0.311 e. The van der Waals surface area contributed by atoms with Crippen LogP contribution in [0, 0.1) is 17.8 Å². The maximum atomic E-state index is 13.2. The Morgan fingerprint density at radius 3 is 2.28 bits per heavy atom. The fourth-order valence-corrected chi connectivity index (χ4v) is 4.35. The highest BCUT2D eigenvalue weighted by molar-refractivity contribution is 6.30. The molecule has 0 radical (unpaired) electrons. The molecule has 0 spiro atoms. The van der Waals surface area contributed by atoms with E-state index < -0.39 is 29.8 Å². The van der Waals surface area contributed by atoms with Gasteiger partial charge in [0.1, 0.15) is 5.75 Å². The molecule has 170 valence electrons. The van der Waals surface area contributed by atoms with Crippen LogP contribution < -0.4 is 10.1 Å². The number of esters is 2. The molecule has 7 heteroatoms. The highest BCUT2D eigenvalue weighted by Gasteiger charge is 2.43. The van der Waals surface area contributed by atoms with E-state index >= 15 is 0 Å². The van der Waals surface area contributed by atoms with Gasteiger partial charge in [-0.1, -0.05) is 35.9 Å². The molecule has 1 aliphatic carbocycles. The van der Waals surface area contributed by atoms with Gasteiger partial charge in [-0.2, -0.15) is 0 Å². The average Bonchev–Trinajstić information content (AvgIpc) is 2.84. The van der Waals surface area contributed by atoms with Crippen molar-refractivity contribution in [2.75, 3.05) is 26.6 Å². The van der Waals surface area contributed by atoms with Gasteiger partial charge in [-0.25, -0.2) is 0 Å². The van der Waals surface area contributed by atoms with Gasteiger partial charge in [0.25, 0.3) is 0 Å². The first-order valence-electron chi connectivity index (χ1n) is 10.5. The number of methoxy groups -OCH3 is 3. The normalized spacial score (nSPS) is 19.5. The predicted molar refractivity (Wildman–Crippen MR) is 124 cm³/mol. The second-order valence-corrected chi connectivity index (χ2v) is 8.10. The summed E-state index contributed by atoms with van der Waals surface area (Å²) in [6.45, 7) is 0. The van der Waals surface area contributed by atoms with Crippen LogP contribution in [0.25, 0.3) is 0 Å². The molecule has 0 amide bonds. The summed E-state index contributed by atoms with van der Waals surface area (Å²) < 4.78 is 15.6. The first-order valence-corrected chi connectivity index (χ1v) is 10.8. The number of carbonyl (C=O) groups excluding carboxylic acids is 2. The minimum absolute atomic E-state index is 0.326. The van der Waals surface area contributed by atoms with Gasteiger partial charge in [-0.15, -0.1) is 0 Å². The van der Waals surface area contributed by atoms with Gasteiger partial charge in [-0.3, -0.25) is 9.59 Å². The third kappa shape index (κ3) is 5.43. The number of hydrogen-bond donors (Lipinski definition) is 1. The van der Waals surface area contributed by atoms with Gasteiger partial charge in [0, 0.05) is 16.6 Å². The van der Waals surface area contributed by atoms with Crippen molar-refractivity contribution < 1.29 is 23.8 Å². The van der Waals surface area contributed by atoms with E-state index in [1.165, 1.54) is 14.2 Å². The summed E-state index contributed by atoms with van der Waals surface area (Å²) in [7, 11) is 4.34. The average molecular weight is 458 g/mol. The van der Waals surface area contributed by atoms with E-state index in [9.17, 15) is 9.59 Å². The number of benzene rings is 2. The van der Waals surface area contributed by atoms with E-state index in [0.717, 1.165) is 17.7 Å². The van der Waals surface area contributed by atoms with Gasteiger partial charge >= 0.3 is 11.9 Å². The van der Waals surface area contributed by atoms with E-state index in [1.807, 2.05) is 48.6 Å². The minimum Gasteiger partial charge on any atom is -0.497 e. The zero-order chi connectivity index (χ0) is 23.1. The van der Waals surface area contributed by atoms with Crippen LogP contribution in [0.2, 0.25) is 5.02 Å². The topological polar surface area (TPSA) is 73.9 Å². The Hall–Kier alpha value is -2.99. The molecule has 0 aromatic heterocycles. The fraction of sp³-hybridized carbons (Fsp3) is 0.360. The molecule has 0 unspecified atom stereocenters. The molecule has 3 rings (SSSR count). The summed E-state index contributed by atoms with van der Waals surface area (Å²) in [5.74, 6) is -1.54. The van der Waals surface area contributed by atoms with Crippen LogP contribution >= 0.6 is 11.6 Å². The van der Waals surface area contributed by atoms with Gasteiger partial charge in [0.05, 0.1) is 39.2 Å². The first-order chi connectivity index (χ1) is 15.5. The number of anilines is 1. The van der Waals surface area contributed by atoms with E-state index in [0.29, 0.717) is 17.2 Å². The predicted octanol–water partition coefficient (Wildman–Crippen LogP) is 5.05. The van der Waals surface area contributed by atoms with E-state index in [1.54, 1.807) is 19.2 Å². The Kier molecular flexibility index (Phi) is 8.17. The molecule has 0 bridgehead atoms. The van der Waals surface area contributed by atoms with Crippen LogP contribution in [0.15, 0.2) is 60.7 Å². The second kappa shape index (κ2) is 11.0. The summed E-state index contributed by atoms with van der Waals surface area (Å²) in [6.07, 6.45) is 5.31. The monoisotopic (exact) mass is 457 g/mol. The van der Waals surface area contributed by atoms with Crippen molar-refractivity contribution in [1.29, 1.82) is 0 Å². The standard InChI is InChI=1S/C25H28ClNO5/c1-30-19-14-8-16(9-15-19)23(27-18-12-10-17(26)11-13-18)22(25(29)32-3)20-6-4-5-7-21(20)24(28)31-2/h4,6,8-15,20-23,27H,5,7H2,1-3H3/t20-,21+,22+,23+/m0/s1. The van der Waals surface area contributed by atoms with Gasteiger partial charge in [0.2, 0.25) is 0 Å². The summed E-state index contributed by atoms with van der Waals surface area (Å²) in [6, 6.07) is 14.3. The Bertz CT molecular complexity index is 942. The van der Waals surface area contributed by atoms with Crippen molar-refractivity contribution in [2.24, 2.45) is 17.8 Å². The molecule has 0 saturated carbocycles. The van der Waals surface area contributed by atoms with Crippen molar-refractivity contribution in [3.05, 3.63) is 71.3 Å². The maximum absolute atomic E-state index is 13.2. The zero-order valence-corrected chi connectivity index (χ0v) is 19.2. The van der Waals surface area contributed by atoms with E-state index in [-0.39, 0.29) is 5.97 Å². The quantitative estimate of drug-likeness (QED) is 0.442. The maximum Gasteiger partial charge on any atom is 0.311 e. The lowest BCUT2D eigenvalue weighted by Crippen LogP contribution is -2.40. The molecule has 0 fully saturated rings. The van der Waals surface area contributed by atoms with E-state index in [2.05, 4.69) is 5.32 Å². The Morgan fingerprint density at radius 2 is 1.69 bits per heavy atom. The van der Waals surface area contributed by atoms with Crippen molar-refractivity contribution >= 4 is 29.2 Å². The molecule has 1 aliphatic rings. The number of nitrogens with one attached hydrogen (secondary N) is 1. The second-order valence-electron chi connectivity index (χ2n) is 7.66. The molecule has 0 aliphatic heterocycles. The SMILES string of the molecule is COC(=O)[C@H]([C@H]1C=CCC[C@H]1C(=O)OC)[C@H](Nc1ccc(Cl)cc1)c1ccc(OC)cc1. The molecule has 2 aromatic carbocycles. The molecule has 0 saturated heterocycles. The third-order valence-electron chi connectivity index (χ3n) is 5.86. The lowest BCUT2D eigenvalue weighted by Gasteiger charge is -2.36. The number of allylic oxidation sites excluding steroid dienone is 2. The van der Waals surface area contributed by atoms with Gasteiger partial charge < -0.3 is 19.5 Å². The lowest BCUT2D eigenvalue weighted by atomic mass is 9.72. The first kappa shape index (κ1) is 23.7. The van der Waals surface area contributed by atoms with Crippen molar-refractivity contribution in [3.8, 4) is 5.75 Å². The van der Waals surface area contributed by atoms with Crippen LogP contribution in [-0.4, -0.2) is 33.3 Å². The summed E-state index contributed by atoms with van der Waals surface area (Å²) in [5, 5.41) is 4.08. The highest BCUT2D eigenvalue weighted by Crippen LogP contribution is 2.41. The number of carbonyl (C=O) groups is 2. The van der Waals surface area contributed by atoms with Crippen LogP contribution in [0.5, 0.6) is 5.75 Å². The van der Waals surface area contributed by atoms with Crippen LogP contribution in [0.1, 0.15) is 24.4 Å². The molecule has 6 nitrogen and oxygen atoms in total. The van der Waals surface area contributed by atoms with Gasteiger partial charge in [0.15, 0.2) is 0 Å². The number of ether oxygens (including phenoxy) is 3. The highest BCUT2D eigenvalue weighted by atomic mass is 35.5. The fourth-order valence-electron chi connectivity index (χ4n) is 4.22.